The third kappa shape index (κ3) is 8.27. The topological polar surface area (TPSA) is 90.5 Å². The molecule has 0 bridgehead atoms. The highest BCUT2D eigenvalue weighted by Crippen LogP contribution is 2.22. The van der Waals surface area contributed by atoms with Crippen molar-refractivity contribution in [1.29, 1.82) is 0 Å². The van der Waals surface area contributed by atoms with Crippen molar-refractivity contribution >= 4 is 40.8 Å². The van der Waals surface area contributed by atoms with Gasteiger partial charge in [-0.2, -0.15) is 0 Å². The first kappa shape index (κ1) is 22.9. The summed E-state index contributed by atoms with van der Waals surface area (Å²) in [5.41, 5.74) is 1.04. The predicted molar refractivity (Wildman–Crippen MR) is 112 cm³/mol. The summed E-state index contributed by atoms with van der Waals surface area (Å²) >= 11 is 11.7. The highest BCUT2D eigenvalue weighted by Gasteiger charge is 2.14. The molecule has 0 aliphatic carbocycles. The Morgan fingerprint density at radius 1 is 1.10 bits per heavy atom. The number of amides is 3. The number of halogens is 3. The number of urea groups is 1. The van der Waals surface area contributed by atoms with E-state index in [2.05, 4.69) is 16.0 Å². The van der Waals surface area contributed by atoms with Crippen molar-refractivity contribution in [3.8, 4) is 0 Å². The van der Waals surface area contributed by atoms with E-state index in [4.69, 9.17) is 23.2 Å². The minimum absolute atomic E-state index is 0.0597. The van der Waals surface area contributed by atoms with E-state index in [0.29, 0.717) is 21.3 Å². The molecule has 2 aromatic rings. The van der Waals surface area contributed by atoms with Gasteiger partial charge in [-0.3, -0.25) is 4.79 Å². The molecule has 0 aromatic heterocycles. The summed E-state index contributed by atoms with van der Waals surface area (Å²) in [6.07, 6.45) is -0.514. The third-order valence-electron chi connectivity index (χ3n) is 3.99. The Labute approximate surface area is 178 Å². The van der Waals surface area contributed by atoms with Crippen LogP contribution in [0.3, 0.4) is 0 Å². The first-order valence-corrected chi connectivity index (χ1v) is 9.72. The van der Waals surface area contributed by atoms with Gasteiger partial charge in [-0.25, -0.2) is 9.18 Å². The van der Waals surface area contributed by atoms with Crippen molar-refractivity contribution in [1.82, 2.24) is 10.6 Å². The van der Waals surface area contributed by atoms with Gasteiger partial charge in [0.05, 0.1) is 6.10 Å². The van der Waals surface area contributed by atoms with E-state index in [1.165, 1.54) is 24.3 Å². The molecule has 2 atom stereocenters. The molecule has 0 aliphatic rings. The second-order valence-corrected chi connectivity index (χ2v) is 7.43. The molecule has 0 radical (unpaired) electrons. The number of aliphatic hydroxyl groups is 1. The molecule has 29 heavy (non-hydrogen) atoms. The summed E-state index contributed by atoms with van der Waals surface area (Å²) in [7, 11) is 0. The van der Waals surface area contributed by atoms with Crippen LogP contribution in [0.15, 0.2) is 42.5 Å². The lowest BCUT2D eigenvalue weighted by Gasteiger charge is -2.18. The maximum Gasteiger partial charge on any atom is 0.315 e. The maximum atomic E-state index is 12.9. The largest absolute Gasteiger partial charge is 0.388 e. The van der Waals surface area contributed by atoms with Gasteiger partial charge in [0.25, 0.3) is 0 Å². The molecule has 3 amide bonds. The highest BCUT2D eigenvalue weighted by molar-refractivity contribution is 6.35. The molecule has 156 valence electrons. The lowest BCUT2D eigenvalue weighted by Crippen LogP contribution is -2.42. The summed E-state index contributed by atoms with van der Waals surface area (Å²) in [6, 6.07) is 9.44. The quantitative estimate of drug-likeness (QED) is 0.492. The number of hydrogen-bond donors (Lipinski definition) is 4. The summed E-state index contributed by atoms with van der Waals surface area (Å²) in [5.74, 6) is -0.683. The van der Waals surface area contributed by atoms with Gasteiger partial charge in [0.2, 0.25) is 5.91 Å². The van der Waals surface area contributed by atoms with Gasteiger partial charge in [-0.15, -0.1) is 0 Å². The fourth-order valence-corrected chi connectivity index (χ4v) is 3.15. The first-order valence-electron chi connectivity index (χ1n) is 8.97. The molecule has 6 nitrogen and oxygen atoms in total. The van der Waals surface area contributed by atoms with Crippen molar-refractivity contribution in [2.24, 2.45) is 0 Å². The number of nitrogens with one attached hydrogen (secondary N) is 3. The minimum Gasteiger partial charge on any atom is -0.388 e. The standard InChI is InChI=1S/C20H22Cl2FN3O3/c1-12(8-18(27)13-2-4-16(23)5-3-13)25-20(29)24-7-6-19(28)26-17-10-14(21)9-15(22)11-17/h2-5,9-12,18,27H,6-8H2,1H3,(H,26,28)(H2,24,25,29). The number of aliphatic hydroxyl groups excluding tert-OH is 1. The average molecular weight is 442 g/mol. The van der Waals surface area contributed by atoms with Gasteiger partial charge >= 0.3 is 6.03 Å². The molecule has 9 heteroatoms. The van der Waals surface area contributed by atoms with Gasteiger partial charge in [-0.1, -0.05) is 35.3 Å². The molecule has 2 aromatic carbocycles. The molecule has 2 unspecified atom stereocenters. The Kier molecular flexibility index (Phi) is 8.70. The summed E-state index contributed by atoms with van der Waals surface area (Å²) in [6.45, 7) is 1.86. The summed E-state index contributed by atoms with van der Waals surface area (Å²) < 4.78 is 12.9. The Bertz CT molecular complexity index is 829. The van der Waals surface area contributed by atoms with Gasteiger partial charge in [0.15, 0.2) is 0 Å². The van der Waals surface area contributed by atoms with Crippen LogP contribution < -0.4 is 16.0 Å². The molecule has 4 N–H and O–H groups in total. The van der Waals surface area contributed by atoms with E-state index >= 15 is 0 Å². The van der Waals surface area contributed by atoms with Crippen LogP contribution >= 0.6 is 23.2 Å². The molecule has 0 saturated heterocycles. The second kappa shape index (κ2) is 11.0. The zero-order valence-corrected chi connectivity index (χ0v) is 17.2. The van der Waals surface area contributed by atoms with Crippen LogP contribution in [0, 0.1) is 5.82 Å². The smallest absolute Gasteiger partial charge is 0.315 e. The number of anilines is 1. The van der Waals surface area contributed by atoms with Gasteiger partial charge in [0.1, 0.15) is 5.82 Å². The van der Waals surface area contributed by atoms with Gasteiger partial charge in [0, 0.05) is 34.7 Å². The Balaban J connectivity index is 1.69. The minimum atomic E-state index is -0.832. The van der Waals surface area contributed by atoms with Crippen molar-refractivity contribution in [3.05, 3.63) is 63.9 Å². The molecular weight excluding hydrogens is 420 g/mol. The van der Waals surface area contributed by atoms with Crippen LogP contribution in [-0.2, 0) is 4.79 Å². The number of carbonyl (C=O) groups is 2. The van der Waals surface area contributed by atoms with E-state index in [9.17, 15) is 19.1 Å². The van der Waals surface area contributed by atoms with Gasteiger partial charge in [-0.05, 0) is 49.2 Å². The van der Waals surface area contributed by atoms with Crippen LogP contribution in [0.5, 0.6) is 0 Å². The number of hydrogen-bond acceptors (Lipinski definition) is 3. The second-order valence-electron chi connectivity index (χ2n) is 6.56. The van der Waals surface area contributed by atoms with Crippen molar-refractivity contribution in [2.45, 2.75) is 31.9 Å². The van der Waals surface area contributed by atoms with Crippen LogP contribution in [-0.4, -0.2) is 29.6 Å². The van der Waals surface area contributed by atoms with Crippen LogP contribution in [0.2, 0.25) is 10.0 Å². The van der Waals surface area contributed by atoms with Crippen LogP contribution in [0.1, 0.15) is 31.4 Å². The van der Waals surface area contributed by atoms with E-state index in [1.54, 1.807) is 25.1 Å². The summed E-state index contributed by atoms with van der Waals surface area (Å²) in [4.78, 5) is 23.9. The zero-order valence-electron chi connectivity index (χ0n) is 15.7. The first-order chi connectivity index (χ1) is 13.7. The van der Waals surface area contributed by atoms with E-state index in [0.717, 1.165) is 0 Å². The lowest BCUT2D eigenvalue weighted by molar-refractivity contribution is -0.116. The SMILES string of the molecule is CC(CC(O)c1ccc(F)cc1)NC(=O)NCCC(=O)Nc1cc(Cl)cc(Cl)c1. The van der Waals surface area contributed by atoms with Gasteiger partial charge < -0.3 is 21.1 Å². The highest BCUT2D eigenvalue weighted by atomic mass is 35.5. The Morgan fingerprint density at radius 2 is 1.72 bits per heavy atom. The predicted octanol–water partition coefficient (Wildman–Crippen LogP) is 4.27. The van der Waals surface area contributed by atoms with Crippen molar-refractivity contribution < 1.29 is 19.1 Å². The van der Waals surface area contributed by atoms with Crippen LogP contribution in [0.4, 0.5) is 14.9 Å². The fourth-order valence-electron chi connectivity index (χ4n) is 2.63. The third-order valence-corrected chi connectivity index (χ3v) is 4.43. The van der Waals surface area contributed by atoms with E-state index in [-0.39, 0.29) is 37.2 Å². The van der Waals surface area contributed by atoms with E-state index in [1.807, 2.05) is 0 Å². The molecule has 0 heterocycles. The average Bonchev–Trinajstić information content (AvgIpc) is 2.61. The molecule has 0 fully saturated rings. The molecular formula is C20H22Cl2FN3O3. The zero-order chi connectivity index (χ0) is 21.4. The number of benzene rings is 2. The molecule has 0 saturated carbocycles. The summed E-state index contributed by atoms with van der Waals surface area (Å²) in [5, 5.41) is 18.9. The van der Waals surface area contributed by atoms with Crippen molar-refractivity contribution in [3.63, 3.8) is 0 Å². The van der Waals surface area contributed by atoms with E-state index < -0.39 is 12.1 Å². The molecule has 2 rings (SSSR count). The number of rotatable bonds is 8. The number of carbonyl (C=O) groups excluding carboxylic acids is 2. The monoisotopic (exact) mass is 441 g/mol. The van der Waals surface area contributed by atoms with Crippen LogP contribution in [0.25, 0.3) is 0 Å². The molecule has 0 spiro atoms. The Morgan fingerprint density at radius 3 is 2.34 bits per heavy atom. The Hall–Kier alpha value is -2.35. The normalized spacial score (nSPS) is 12.7. The van der Waals surface area contributed by atoms with Crippen molar-refractivity contribution in [2.75, 3.05) is 11.9 Å². The molecule has 0 aliphatic heterocycles. The fraction of sp³-hybridized carbons (Fsp3) is 0.300. The lowest BCUT2D eigenvalue weighted by atomic mass is 10.0. The maximum absolute atomic E-state index is 12.9.